The van der Waals surface area contributed by atoms with Gasteiger partial charge in [0.05, 0.1) is 16.3 Å². The topological polar surface area (TPSA) is 50.2 Å². The molecule has 0 aliphatic rings. The smallest absolute Gasteiger partial charge is 0.336 e. The molecule has 4 rings (SSSR count). The fourth-order valence-corrected chi connectivity index (χ4v) is 4.17. The van der Waals surface area contributed by atoms with Crippen LogP contribution in [0.25, 0.3) is 33.0 Å². The molecule has 0 fully saturated rings. The zero-order chi connectivity index (χ0) is 20.5. The monoisotopic (exact) mass is 423 g/mol. The van der Waals surface area contributed by atoms with E-state index in [2.05, 4.69) is 4.98 Å². The zero-order valence-electron chi connectivity index (χ0n) is 15.3. The lowest BCUT2D eigenvalue weighted by Gasteiger charge is -2.10. The van der Waals surface area contributed by atoms with Gasteiger partial charge in [-0.1, -0.05) is 48.0 Å². The van der Waals surface area contributed by atoms with Gasteiger partial charge in [-0.3, -0.25) is 0 Å². The number of carboxylic acids is 1. The Balaban J connectivity index is 1.76. The lowest BCUT2D eigenvalue weighted by Crippen LogP contribution is -2.01. The lowest BCUT2D eigenvalue weighted by atomic mass is 9.94. The molecular formula is C23H15ClFNO2S. The minimum atomic E-state index is -0.993. The Kier molecular flexibility index (Phi) is 5.18. The van der Waals surface area contributed by atoms with E-state index in [-0.39, 0.29) is 10.6 Å². The van der Waals surface area contributed by atoms with Crippen molar-refractivity contribution in [2.45, 2.75) is 6.92 Å². The van der Waals surface area contributed by atoms with E-state index in [1.54, 1.807) is 12.1 Å². The summed E-state index contributed by atoms with van der Waals surface area (Å²) in [5.41, 5.74) is 4.86. The number of nitrogens with zero attached hydrogens (tertiary/aromatic N) is 1. The Morgan fingerprint density at radius 3 is 2.52 bits per heavy atom. The first-order valence-corrected chi connectivity index (χ1v) is 10.0. The number of hydrogen-bond donors (Lipinski definition) is 1. The van der Waals surface area contributed by atoms with Crippen LogP contribution in [0.5, 0.6) is 0 Å². The molecule has 4 aromatic rings. The maximum Gasteiger partial charge on any atom is 0.336 e. The van der Waals surface area contributed by atoms with Crippen LogP contribution in [-0.4, -0.2) is 16.1 Å². The molecule has 0 aliphatic heterocycles. The van der Waals surface area contributed by atoms with Gasteiger partial charge >= 0.3 is 5.97 Å². The first-order chi connectivity index (χ1) is 13.9. The van der Waals surface area contributed by atoms with Crippen LogP contribution in [0.4, 0.5) is 4.39 Å². The molecule has 6 heteroatoms. The zero-order valence-corrected chi connectivity index (χ0v) is 16.9. The number of benzene rings is 3. The van der Waals surface area contributed by atoms with E-state index in [9.17, 15) is 14.3 Å². The van der Waals surface area contributed by atoms with Crippen LogP contribution in [0.15, 0.2) is 66.0 Å². The van der Waals surface area contributed by atoms with Gasteiger partial charge in [-0.25, -0.2) is 14.2 Å². The highest BCUT2D eigenvalue weighted by Gasteiger charge is 2.16. The molecule has 3 aromatic carbocycles. The maximum atomic E-state index is 13.4. The van der Waals surface area contributed by atoms with Gasteiger partial charge in [-0.05, 0) is 47.9 Å². The Hall–Kier alpha value is -3.02. The molecule has 0 unspecified atom stereocenters. The number of rotatable bonds is 4. The van der Waals surface area contributed by atoms with Crippen LogP contribution in [0.1, 0.15) is 15.9 Å². The van der Waals surface area contributed by atoms with Gasteiger partial charge in [-0.15, -0.1) is 11.3 Å². The normalized spacial score (nSPS) is 10.9. The summed E-state index contributed by atoms with van der Waals surface area (Å²) < 4.78 is 13.4. The molecule has 0 aliphatic carbocycles. The highest BCUT2D eigenvalue weighted by Crippen LogP contribution is 2.34. The highest BCUT2D eigenvalue weighted by atomic mass is 35.5. The molecule has 1 N–H and O–H groups in total. The van der Waals surface area contributed by atoms with E-state index in [4.69, 9.17) is 11.6 Å². The average molecular weight is 424 g/mol. The summed E-state index contributed by atoms with van der Waals surface area (Å²) in [5.74, 6) is -1.48. The number of thiazole rings is 1. The van der Waals surface area contributed by atoms with Gasteiger partial charge in [-0.2, -0.15) is 0 Å². The summed E-state index contributed by atoms with van der Waals surface area (Å²) in [6.07, 6.45) is 0. The van der Waals surface area contributed by atoms with Crippen molar-refractivity contribution in [1.29, 1.82) is 0 Å². The Labute approximate surface area is 176 Å². The first-order valence-electron chi connectivity index (χ1n) is 8.78. The molecule has 0 radical (unpaired) electrons. The number of halogens is 2. The largest absolute Gasteiger partial charge is 0.478 e. The second kappa shape index (κ2) is 7.78. The van der Waals surface area contributed by atoms with Crippen LogP contribution in [0, 0.1) is 12.7 Å². The summed E-state index contributed by atoms with van der Waals surface area (Å²) >= 11 is 7.26. The standard InChI is InChI=1S/C23H15ClFNO2S/c1-13-4-2-3-5-16(13)17-8-6-15(10-18(17)23(27)28)22-26-21(12-29-22)14-7-9-20(25)19(24)11-14/h2-12H,1H3,(H,27,28). The van der Waals surface area contributed by atoms with Gasteiger partial charge in [0.2, 0.25) is 0 Å². The lowest BCUT2D eigenvalue weighted by molar-refractivity contribution is 0.0698. The Morgan fingerprint density at radius 1 is 1.03 bits per heavy atom. The van der Waals surface area contributed by atoms with E-state index in [1.165, 1.54) is 23.5 Å². The van der Waals surface area contributed by atoms with Crippen molar-refractivity contribution in [3.05, 3.63) is 88.0 Å². The van der Waals surface area contributed by atoms with E-state index in [1.807, 2.05) is 48.7 Å². The van der Waals surface area contributed by atoms with Gasteiger partial charge in [0.25, 0.3) is 0 Å². The minimum Gasteiger partial charge on any atom is -0.478 e. The summed E-state index contributed by atoms with van der Waals surface area (Å²) in [6.45, 7) is 1.95. The van der Waals surface area contributed by atoms with Crippen LogP contribution in [0.3, 0.4) is 0 Å². The predicted octanol–water partition coefficient (Wildman–Crippen LogP) is 6.94. The van der Waals surface area contributed by atoms with Crippen molar-refractivity contribution in [1.82, 2.24) is 4.98 Å². The predicted molar refractivity (Wildman–Crippen MR) is 115 cm³/mol. The molecule has 0 saturated heterocycles. The quantitative estimate of drug-likeness (QED) is 0.386. The second-order valence-corrected chi connectivity index (χ2v) is 7.81. The third-order valence-corrected chi connectivity index (χ3v) is 5.83. The molecule has 0 atom stereocenters. The fraction of sp³-hybridized carbons (Fsp3) is 0.0435. The van der Waals surface area contributed by atoms with Crippen molar-refractivity contribution in [2.75, 3.05) is 0 Å². The molecule has 29 heavy (non-hydrogen) atoms. The highest BCUT2D eigenvalue weighted by molar-refractivity contribution is 7.13. The molecule has 0 spiro atoms. The van der Waals surface area contributed by atoms with E-state index >= 15 is 0 Å². The van der Waals surface area contributed by atoms with Gasteiger partial charge in [0, 0.05) is 16.5 Å². The van der Waals surface area contributed by atoms with Crippen LogP contribution < -0.4 is 0 Å². The molecule has 3 nitrogen and oxygen atoms in total. The molecule has 144 valence electrons. The van der Waals surface area contributed by atoms with Crippen LogP contribution in [0.2, 0.25) is 5.02 Å². The van der Waals surface area contributed by atoms with Crippen molar-refractivity contribution in [2.24, 2.45) is 0 Å². The fourth-order valence-electron chi connectivity index (χ4n) is 3.16. The first kappa shape index (κ1) is 19.3. The minimum absolute atomic E-state index is 0.0350. The van der Waals surface area contributed by atoms with Crippen LogP contribution in [-0.2, 0) is 0 Å². The van der Waals surface area contributed by atoms with Crippen molar-refractivity contribution >= 4 is 28.9 Å². The van der Waals surface area contributed by atoms with Gasteiger partial charge < -0.3 is 5.11 Å². The molecule has 0 bridgehead atoms. The molecule has 0 amide bonds. The molecular weight excluding hydrogens is 409 g/mol. The van der Waals surface area contributed by atoms with E-state index in [0.29, 0.717) is 27.4 Å². The van der Waals surface area contributed by atoms with E-state index in [0.717, 1.165) is 11.1 Å². The third-order valence-electron chi connectivity index (χ3n) is 4.65. The Morgan fingerprint density at radius 2 is 1.79 bits per heavy atom. The number of carboxylic acid groups (broad SMARTS) is 1. The van der Waals surface area contributed by atoms with Crippen molar-refractivity contribution in [3.8, 4) is 33.0 Å². The molecule has 0 saturated carbocycles. The number of carbonyl (C=O) groups is 1. The maximum absolute atomic E-state index is 13.4. The number of aromatic nitrogens is 1. The average Bonchev–Trinajstić information content (AvgIpc) is 3.20. The van der Waals surface area contributed by atoms with Crippen LogP contribution >= 0.6 is 22.9 Å². The Bertz CT molecular complexity index is 1240. The molecule has 1 aromatic heterocycles. The van der Waals surface area contributed by atoms with Crippen molar-refractivity contribution < 1.29 is 14.3 Å². The number of aromatic carboxylic acids is 1. The summed E-state index contributed by atoms with van der Waals surface area (Å²) in [6, 6.07) is 17.5. The second-order valence-electron chi connectivity index (χ2n) is 6.55. The summed E-state index contributed by atoms with van der Waals surface area (Å²) in [5, 5.41) is 12.3. The number of aryl methyl sites for hydroxylation is 1. The SMILES string of the molecule is Cc1ccccc1-c1ccc(-c2nc(-c3ccc(F)c(Cl)c3)cs2)cc1C(=O)O. The van der Waals surface area contributed by atoms with Gasteiger partial charge in [0.1, 0.15) is 10.8 Å². The van der Waals surface area contributed by atoms with Crippen molar-refractivity contribution in [3.63, 3.8) is 0 Å². The van der Waals surface area contributed by atoms with E-state index < -0.39 is 11.8 Å². The summed E-state index contributed by atoms with van der Waals surface area (Å²) in [4.78, 5) is 16.5. The summed E-state index contributed by atoms with van der Waals surface area (Å²) in [7, 11) is 0. The van der Waals surface area contributed by atoms with Gasteiger partial charge in [0.15, 0.2) is 0 Å². The third kappa shape index (κ3) is 3.79. The molecule has 1 heterocycles. The number of hydrogen-bond acceptors (Lipinski definition) is 3.